The van der Waals surface area contributed by atoms with Gasteiger partial charge in [-0.3, -0.25) is 10.1 Å². The van der Waals surface area contributed by atoms with Crippen LogP contribution in [0, 0.1) is 10.1 Å². The van der Waals surface area contributed by atoms with Crippen molar-refractivity contribution >= 4 is 22.4 Å². The Bertz CT molecular complexity index is 676. The van der Waals surface area contributed by atoms with Gasteiger partial charge in [0.2, 0.25) is 0 Å². The van der Waals surface area contributed by atoms with Gasteiger partial charge in [0, 0.05) is 24.6 Å². The van der Waals surface area contributed by atoms with Gasteiger partial charge in [-0.2, -0.15) is 0 Å². The van der Waals surface area contributed by atoms with Gasteiger partial charge in [0.05, 0.1) is 22.6 Å². The number of nitrogens with one attached hydrogen (secondary N) is 1. The molecule has 1 fully saturated rings. The van der Waals surface area contributed by atoms with Crippen LogP contribution in [0.15, 0.2) is 24.5 Å². The number of ether oxygens (including phenoxy) is 1. The number of anilines is 1. The Kier molecular flexibility index (Phi) is 3.66. The maximum Gasteiger partial charge on any atom is 0.270 e. The lowest BCUT2D eigenvalue weighted by atomic mass is 10.1. The summed E-state index contributed by atoms with van der Waals surface area (Å²) >= 11 is 0. The van der Waals surface area contributed by atoms with Crippen molar-refractivity contribution in [1.82, 2.24) is 9.97 Å². The van der Waals surface area contributed by atoms with Crippen LogP contribution in [0.3, 0.4) is 0 Å². The molecule has 110 valence electrons. The molecule has 1 aromatic carbocycles. The van der Waals surface area contributed by atoms with Crippen molar-refractivity contribution in [1.29, 1.82) is 0 Å². The number of nitrogens with zero attached hydrogens (tertiary/aromatic N) is 3. The number of nitro groups is 1. The number of hydrogen-bond acceptors (Lipinski definition) is 6. The van der Waals surface area contributed by atoms with Crippen LogP contribution >= 0.6 is 0 Å². The van der Waals surface area contributed by atoms with Gasteiger partial charge < -0.3 is 10.1 Å². The standard InChI is InChI=1S/C14H16N4O3/c1-21-13-4-2-3-12(13)17-14-10-7-9(18(19)20)5-6-11(10)15-8-16-14/h5-8,12-13H,2-4H2,1H3,(H,15,16,17). The third kappa shape index (κ3) is 2.64. The molecule has 0 saturated heterocycles. The van der Waals surface area contributed by atoms with Crippen molar-refractivity contribution in [3.05, 3.63) is 34.6 Å². The van der Waals surface area contributed by atoms with Crippen LogP contribution in [0.4, 0.5) is 11.5 Å². The smallest absolute Gasteiger partial charge is 0.270 e. The molecule has 2 atom stereocenters. The fraction of sp³-hybridized carbons (Fsp3) is 0.429. The highest BCUT2D eigenvalue weighted by molar-refractivity contribution is 5.90. The van der Waals surface area contributed by atoms with E-state index in [-0.39, 0.29) is 17.8 Å². The highest BCUT2D eigenvalue weighted by atomic mass is 16.6. The molecule has 0 aliphatic heterocycles. The van der Waals surface area contributed by atoms with Crippen molar-refractivity contribution in [3.63, 3.8) is 0 Å². The highest BCUT2D eigenvalue weighted by Gasteiger charge is 2.27. The summed E-state index contributed by atoms with van der Waals surface area (Å²) in [5.74, 6) is 0.623. The molecule has 1 heterocycles. The number of benzene rings is 1. The largest absolute Gasteiger partial charge is 0.379 e. The maximum absolute atomic E-state index is 10.9. The van der Waals surface area contributed by atoms with Crippen molar-refractivity contribution < 1.29 is 9.66 Å². The summed E-state index contributed by atoms with van der Waals surface area (Å²) in [4.78, 5) is 18.9. The summed E-state index contributed by atoms with van der Waals surface area (Å²) in [7, 11) is 1.70. The van der Waals surface area contributed by atoms with E-state index in [1.165, 1.54) is 18.5 Å². The molecule has 1 aliphatic carbocycles. The molecule has 0 bridgehead atoms. The lowest BCUT2D eigenvalue weighted by Gasteiger charge is -2.20. The second-order valence-electron chi connectivity index (χ2n) is 5.14. The van der Waals surface area contributed by atoms with E-state index < -0.39 is 4.92 Å². The number of hydrogen-bond donors (Lipinski definition) is 1. The zero-order valence-corrected chi connectivity index (χ0v) is 11.7. The van der Waals surface area contributed by atoms with Crippen LogP contribution in [0.1, 0.15) is 19.3 Å². The molecule has 2 unspecified atom stereocenters. The van der Waals surface area contributed by atoms with Gasteiger partial charge in [0.15, 0.2) is 0 Å². The Morgan fingerprint density at radius 3 is 3.00 bits per heavy atom. The molecule has 0 spiro atoms. The highest BCUT2D eigenvalue weighted by Crippen LogP contribution is 2.29. The van der Waals surface area contributed by atoms with Gasteiger partial charge in [-0.15, -0.1) is 0 Å². The van der Waals surface area contributed by atoms with Gasteiger partial charge in [-0.05, 0) is 25.3 Å². The van der Waals surface area contributed by atoms with Crippen LogP contribution in [-0.2, 0) is 4.74 Å². The van der Waals surface area contributed by atoms with E-state index in [1.54, 1.807) is 13.2 Å². The van der Waals surface area contributed by atoms with E-state index in [0.717, 1.165) is 19.3 Å². The van der Waals surface area contributed by atoms with E-state index in [4.69, 9.17) is 4.74 Å². The van der Waals surface area contributed by atoms with Crippen molar-refractivity contribution in [3.8, 4) is 0 Å². The maximum atomic E-state index is 10.9. The number of methoxy groups -OCH3 is 1. The molecule has 3 rings (SSSR count). The topological polar surface area (TPSA) is 90.2 Å². The van der Waals surface area contributed by atoms with Gasteiger partial charge >= 0.3 is 0 Å². The molecule has 2 aromatic rings. The SMILES string of the molecule is COC1CCCC1Nc1ncnc2ccc([N+](=O)[O-])cc12. The Morgan fingerprint density at radius 1 is 1.38 bits per heavy atom. The van der Waals surface area contributed by atoms with Crippen molar-refractivity contribution in [2.45, 2.75) is 31.4 Å². The zero-order chi connectivity index (χ0) is 14.8. The van der Waals surface area contributed by atoms with Crippen LogP contribution in [-0.4, -0.2) is 34.1 Å². The first-order valence-corrected chi connectivity index (χ1v) is 6.87. The first-order chi connectivity index (χ1) is 10.2. The van der Waals surface area contributed by atoms with Crippen LogP contribution < -0.4 is 5.32 Å². The minimum atomic E-state index is -0.413. The summed E-state index contributed by atoms with van der Waals surface area (Å²) in [6.07, 6.45) is 4.72. The molecular weight excluding hydrogens is 272 g/mol. The Hall–Kier alpha value is -2.28. The first kappa shape index (κ1) is 13.7. The van der Waals surface area contributed by atoms with Gasteiger partial charge in [-0.1, -0.05) is 0 Å². The Labute approximate surface area is 121 Å². The van der Waals surface area contributed by atoms with Gasteiger partial charge in [-0.25, -0.2) is 9.97 Å². The average Bonchev–Trinajstić information content (AvgIpc) is 2.94. The molecular formula is C14H16N4O3. The van der Waals surface area contributed by atoms with E-state index in [2.05, 4.69) is 15.3 Å². The Morgan fingerprint density at radius 2 is 2.24 bits per heavy atom. The van der Waals surface area contributed by atoms with Gasteiger partial charge in [0.1, 0.15) is 12.1 Å². The van der Waals surface area contributed by atoms with E-state index in [9.17, 15) is 10.1 Å². The zero-order valence-electron chi connectivity index (χ0n) is 11.7. The predicted molar refractivity (Wildman–Crippen MR) is 78.3 cm³/mol. The fourth-order valence-electron chi connectivity index (χ4n) is 2.82. The van der Waals surface area contributed by atoms with Crippen molar-refractivity contribution in [2.75, 3.05) is 12.4 Å². The summed E-state index contributed by atoms with van der Waals surface area (Å²) in [6.45, 7) is 0. The second kappa shape index (κ2) is 5.61. The summed E-state index contributed by atoms with van der Waals surface area (Å²) in [5.41, 5.74) is 0.722. The third-order valence-corrected chi connectivity index (χ3v) is 3.91. The summed E-state index contributed by atoms with van der Waals surface area (Å²) in [6, 6.07) is 4.77. The molecule has 1 N–H and O–H groups in total. The average molecular weight is 288 g/mol. The Balaban J connectivity index is 1.97. The fourth-order valence-corrected chi connectivity index (χ4v) is 2.82. The normalized spacial score (nSPS) is 21.6. The number of non-ortho nitro benzene ring substituents is 1. The molecule has 1 aliphatic rings. The van der Waals surface area contributed by atoms with Crippen LogP contribution in [0.2, 0.25) is 0 Å². The molecule has 1 aromatic heterocycles. The quantitative estimate of drug-likeness (QED) is 0.686. The molecule has 7 nitrogen and oxygen atoms in total. The molecule has 0 radical (unpaired) electrons. The third-order valence-electron chi connectivity index (χ3n) is 3.91. The van der Waals surface area contributed by atoms with Crippen LogP contribution in [0.25, 0.3) is 10.9 Å². The van der Waals surface area contributed by atoms with E-state index in [0.29, 0.717) is 16.7 Å². The number of aromatic nitrogens is 2. The summed E-state index contributed by atoms with van der Waals surface area (Å²) in [5, 5.41) is 14.9. The first-order valence-electron chi connectivity index (χ1n) is 6.87. The molecule has 0 amide bonds. The van der Waals surface area contributed by atoms with E-state index in [1.807, 2.05) is 0 Å². The molecule has 21 heavy (non-hydrogen) atoms. The lowest BCUT2D eigenvalue weighted by Crippen LogP contribution is -2.30. The number of nitro benzene ring substituents is 1. The minimum Gasteiger partial charge on any atom is -0.379 e. The van der Waals surface area contributed by atoms with Gasteiger partial charge in [0.25, 0.3) is 5.69 Å². The van der Waals surface area contributed by atoms with E-state index >= 15 is 0 Å². The molecule has 7 heteroatoms. The monoisotopic (exact) mass is 288 g/mol. The van der Waals surface area contributed by atoms with Crippen LogP contribution in [0.5, 0.6) is 0 Å². The summed E-state index contributed by atoms with van der Waals surface area (Å²) < 4.78 is 5.46. The minimum absolute atomic E-state index is 0.0371. The second-order valence-corrected chi connectivity index (χ2v) is 5.14. The van der Waals surface area contributed by atoms with Crippen molar-refractivity contribution in [2.24, 2.45) is 0 Å². The number of fused-ring (bicyclic) bond motifs is 1. The predicted octanol–water partition coefficient (Wildman–Crippen LogP) is 2.52. The number of rotatable bonds is 4. The lowest BCUT2D eigenvalue weighted by molar-refractivity contribution is -0.384. The molecule has 1 saturated carbocycles.